The molecule has 0 spiro atoms. The predicted octanol–water partition coefficient (Wildman–Crippen LogP) is 7.96. The average Bonchev–Trinajstić information content (AvgIpc) is 3.41. The standard InChI is InChI=1S/C29H26Cl2N2O2S/c30-25-11-9-20(15-26(25)31)17-36-18-24-22-7-4-8-27(34)23(22)10-12-28(24)35-29(16-33-14-13-32-19-33)21-5-2-1-3-6-21/h1-3,5-6,9-15,19,29H,4,7-8,16-18H2. The zero-order valence-electron chi connectivity index (χ0n) is 19.7. The number of Topliss-reactive ketones (excluding diaryl/α,β-unsaturated/α-hetero) is 1. The van der Waals surface area contributed by atoms with Crippen molar-refractivity contribution in [3.05, 3.63) is 117 Å². The van der Waals surface area contributed by atoms with Gasteiger partial charge in [-0.25, -0.2) is 4.98 Å². The molecule has 36 heavy (non-hydrogen) atoms. The van der Waals surface area contributed by atoms with Crippen LogP contribution in [0.4, 0.5) is 0 Å². The second kappa shape index (κ2) is 11.5. The molecule has 0 saturated heterocycles. The lowest BCUT2D eigenvalue weighted by Gasteiger charge is -2.25. The van der Waals surface area contributed by atoms with Crippen LogP contribution in [0.3, 0.4) is 0 Å². The molecule has 0 amide bonds. The maximum absolute atomic E-state index is 12.7. The van der Waals surface area contributed by atoms with Crippen molar-refractivity contribution in [2.24, 2.45) is 0 Å². The Morgan fingerprint density at radius 1 is 1.00 bits per heavy atom. The van der Waals surface area contributed by atoms with Gasteiger partial charge in [-0.1, -0.05) is 59.6 Å². The molecule has 184 valence electrons. The van der Waals surface area contributed by atoms with Gasteiger partial charge >= 0.3 is 0 Å². The fourth-order valence-corrected chi connectivity index (χ4v) is 5.92. The van der Waals surface area contributed by atoms with E-state index in [9.17, 15) is 4.79 Å². The molecule has 3 aromatic carbocycles. The molecule has 0 fully saturated rings. The summed E-state index contributed by atoms with van der Waals surface area (Å²) in [7, 11) is 0. The van der Waals surface area contributed by atoms with E-state index in [1.165, 1.54) is 0 Å². The Morgan fingerprint density at radius 3 is 2.64 bits per heavy atom. The fourth-order valence-electron chi connectivity index (χ4n) is 4.57. The van der Waals surface area contributed by atoms with Gasteiger partial charge in [0.05, 0.1) is 22.9 Å². The third-order valence-corrected chi connectivity index (χ3v) is 8.16. The Balaban J connectivity index is 1.44. The van der Waals surface area contributed by atoms with Gasteiger partial charge in [-0.2, -0.15) is 11.8 Å². The van der Waals surface area contributed by atoms with Crippen molar-refractivity contribution in [1.82, 2.24) is 9.55 Å². The molecule has 0 saturated carbocycles. The van der Waals surface area contributed by atoms with E-state index in [4.69, 9.17) is 27.9 Å². The lowest BCUT2D eigenvalue weighted by molar-refractivity contribution is 0.0972. The number of ketones is 1. The maximum Gasteiger partial charge on any atom is 0.163 e. The van der Waals surface area contributed by atoms with Gasteiger partial charge in [-0.3, -0.25) is 4.79 Å². The number of rotatable bonds is 9. The number of halogens is 2. The van der Waals surface area contributed by atoms with E-state index in [0.29, 0.717) is 23.0 Å². The van der Waals surface area contributed by atoms with Gasteiger partial charge in [0, 0.05) is 41.4 Å². The Hall–Kier alpha value is -2.73. The van der Waals surface area contributed by atoms with E-state index in [2.05, 4.69) is 17.1 Å². The Kier molecular flexibility index (Phi) is 8.00. The summed E-state index contributed by atoms with van der Waals surface area (Å²) < 4.78 is 8.76. The predicted molar refractivity (Wildman–Crippen MR) is 147 cm³/mol. The van der Waals surface area contributed by atoms with Crippen LogP contribution >= 0.6 is 35.0 Å². The second-order valence-electron chi connectivity index (χ2n) is 8.86. The van der Waals surface area contributed by atoms with Crippen LogP contribution in [-0.2, 0) is 24.5 Å². The van der Waals surface area contributed by atoms with Crippen molar-refractivity contribution < 1.29 is 9.53 Å². The first kappa shape index (κ1) is 24.9. The Morgan fingerprint density at radius 2 is 1.86 bits per heavy atom. The SMILES string of the molecule is O=C1CCCc2c1ccc(OC(Cn1ccnc1)c1ccccc1)c2CSCc1ccc(Cl)c(Cl)c1. The minimum absolute atomic E-state index is 0.198. The number of hydrogen-bond acceptors (Lipinski definition) is 4. The van der Waals surface area contributed by atoms with Crippen molar-refractivity contribution in [3.63, 3.8) is 0 Å². The molecule has 0 bridgehead atoms. The quantitative estimate of drug-likeness (QED) is 0.217. The minimum atomic E-state index is -0.198. The largest absolute Gasteiger partial charge is 0.484 e. The van der Waals surface area contributed by atoms with Crippen LogP contribution in [0, 0.1) is 0 Å². The number of fused-ring (bicyclic) bond motifs is 1. The summed E-state index contributed by atoms with van der Waals surface area (Å²) in [5, 5.41) is 1.12. The summed E-state index contributed by atoms with van der Waals surface area (Å²) in [5.74, 6) is 2.57. The minimum Gasteiger partial charge on any atom is -0.484 e. The van der Waals surface area contributed by atoms with Crippen LogP contribution in [0.2, 0.25) is 10.0 Å². The molecule has 1 unspecified atom stereocenters. The van der Waals surface area contributed by atoms with E-state index >= 15 is 0 Å². The normalized spacial score (nSPS) is 13.9. The summed E-state index contributed by atoms with van der Waals surface area (Å²) in [6, 6.07) is 19.9. The summed E-state index contributed by atoms with van der Waals surface area (Å²) in [5.41, 5.74) is 5.27. The molecule has 4 nitrogen and oxygen atoms in total. The molecule has 5 rings (SSSR count). The average molecular weight is 538 g/mol. The van der Waals surface area contributed by atoms with Crippen LogP contribution in [-0.4, -0.2) is 15.3 Å². The van der Waals surface area contributed by atoms with Crippen LogP contribution in [0.25, 0.3) is 0 Å². The van der Waals surface area contributed by atoms with Crippen molar-refractivity contribution in [2.45, 2.75) is 43.4 Å². The Bertz CT molecular complexity index is 1340. The molecule has 1 aromatic heterocycles. The van der Waals surface area contributed by atoms with E-state index in [-0.39, 0.29) is 11.9 Å². The topological polar surface area (TPSA) is 44.1 Å². The van der Waals surface area contributed by atoms with Crippen LogP contribution in [0.1, 0.15) is 51.6 Å². The lowest BCUT2D eigenvalue weighted by atomic mass is 9.87. The molecule has 1 atom stereocenters. The highest BCUT2D eigenvalue weighted by atomic mass is 35.5. The Labute approximate surface area is 225 Å². The molecular formula is C29H26Cl2N2O2S. The number of aromatic nitrogens is 2. The van der Waals surface area contributed by atoms with Gasteiger partial charge in [0.1, 0.15) is 11.9 Å². The van der Waals surface area contributed by atoms with Crippen molar-refractivity contribution in [1.29, 1.82) is 0 Å². The van der Waals surface area contributed by atoms with Gasteiger partial charge < -0.3 is 9.30 Å². The van der Waals surface area contributed by atoms with Crippen LogP contribution in [0.15, 0.2) is 79.4 Å². The summed E-state index contributed by atoms with van der Waals surface area (Å²) >= 11 is 14.1. The molecule has 4 aromatic rings. The van der Waals surface area contributed by atoms with Gasteiger partial charge in [0.2, 0.25) is 0 Å². The van der Waals surface area contributed by atoms with Gasteiger partial charge in [-0.05, 0) is 53.8 Å². The number of imidazole rings is 1. The first-order chi connectivity index (χ1) is 17.6. The molecule has 0 N–H and O–H groups in total. The van der Waals surface area contributed by atoms with Crippen molar-refractivity contribution >= 4 is 40.7 Å². The molecule has 1 aliphatic carbocycles. The number of benzene rings is 3. The third-order valence-electron chi connectivity index (χ3n) is 6.39. The summed E-state index contributed by atoms with van der Waals surface area (Å²) in [6.45, 7) is 0.635. The van der Waals surface area contributed by atoms with Crippen molar-refractivity contribution in [3.8, 4) is 5.75 Å². The fraction of sp³-hybridized carbons (Fsp3) is 0.241. The molecule has 0 radical (unpaired) electrons. The highest BCUT2D eigenvalue weighted by Crippen LogP contribution is 2.37. The third kappa shape index (κ3) is 5.80. The molecule has 7 heteroatoms. The van der Waals surface area contributed by atoms with Gasteiger partial charge in [0.15, 0.2) is 5.78 Å². The zero-order chi connectivity index (χ0) is 24.9. The van der Waals surface area contributed by atoms with Gasteiger partial charge in [-0.15, -0.1) is 0 Å². The highest BCUT2D eigenvalue weighted by molar-refractivity contribution is 7.97. The zero-order valence-corrected chi connectivity index (χ0v) is 22.0. The molecule has 1 heterocycles. The van der Waals surface area contributed by atoms with Crippen LogP contribution < -0.4 is 4.74 Å². The van der Waals surface area contributed by atoms with E-state index in [1.807, 2.05) is 59.3 Å². The second-order valence-corrected chi connectivity index (χ2v) is 10.7. The van der Waals surface area contributed by atoms with E-state index in [0.717, 1.165) is 57.9 Å². The highest BCUT2D eigenvalue weighted by Gasteiger charge is 2.24. The lowest BCUT2D eigenvalue weighted by Crippen LogP contribution is -2.18. The number of nitrogens with zero attached hydrogens (tertiary/aromatic N) is 2. The van der Waals surface area contributed by atoms with E-state index < -0.39 is 0 Å². The van der Waals surface area contributed by atoms with Gasteiger partial charge in [0.25, 0.3) is 0 Å². The number of carbonyl (C=O) groups excluding carboxylic acids is 1. The summed E-state index contributed by atoms with van der Waals surface area (Å²) in [6.07, 6.45) is 7.69. The van der Waals surface area contributed by atoms with Crippen molar-refractivity contribution in [2.75, 3.05) is 0 Å². The maximum atomic E-state index is 12.7. The smallest absolute Gasteiger partial charge is 0.163 e. The summed E-state index contributed by atoms with van der Waals surface area (Å²) in [4.78, 5) is 16.9. The molecular weight excluding hydrogens is 511 g/mol. The number of carbonyl (C=O) groups is 1. The molecule has 1 aliphatic rings. The number of hydrogen-bond donors (Lipinski definition) is 0. The number of ether oxygens (including phenoxy) is 1. The number of thioether (sulfide) groups is 1. The monoisotopic (exact) mass is 536 g/mol. The van der Waals surface area contributed by atoms with Crippen LogP contribution in [0.5, 0.6) is 5.75 Å². The first-order valence-corrected chi connectivity index (χ1v) is 13.9. The first-order valence-electron chi connectivity index (χ1n) is 12.0. The molecule has 0 aliphatic heterocycles. The van der Waals surface area contributed by atoms with E-state index in [1.54, 1.807) is 24.3 Å².